The number of carboxylic acids is 1. The van der Waals surface area contributed by atoms with Gasteiger partial charge < -0.3 is 9.84 Å². The summed E-state index contributed by atoms with van der Waals surface area (Å²) in [4.78, 5) is 21.4. The third kappa shape index (κ3) is 8.03. The Bertz CT molecular complexity index is 266. The first-order valence-electron chi connectivity index (χ1n) is 5.51. The number of hydrogen-bond donors (Lipinski definition) is 1. The van der Waals surface area contributed by atoms with Crippen LogP contribution in [0.15, 0.2) is 12.2 Å². The molecule has 0 rings (SSSR count). The lowest BCUT2D eigenvalue weighted by Gasteiger charge is -2.24. The van der Waals surface area contributed by atoms with Crippen LogP contribution in [-0.4, -0.2) is 22.6 Å². The minimum absolute atomic E-state index is 0.533. The van der Waals surface area contributed by atoms with Crippen LogP contribution in [-0.2, 0) is 14.3 Å². The van der Waals surface area contributed by atoms with Crippen molar-refractivity contribution in [1.82, 2.24) is 0 Å². The van der Waals surface area contributed by atoms with Gasteiger partial charge in [-0.1, -0.05) is 19.8 Å². The normalized spacial score (nSPS) is 11.7. The highest BCUT2D eigenvalue weighted by Crippen LogP contribution is 2.18. The van der Waals surface area contributed by atoms with Crippen molar-refractivity contribution in [2.24, 2.45) is 0 Å². The number of aliphatic carboxylic acids is 1. The van der Waals surface area contributed by atoms with Crippen LogP contribution in [0.3, 0.4) is 0 Å². The number of carboxylic acid groups (broad SMARTS) is 1. The second-order valence-electron chi connectivity index (χ2n) is 4.31. The third-order valence-electron chi connectivity index (χ3n) is 2.12. The van der Waals surface area contributed by atoms with E-state index in [0.29, 0.717) is 0 Å². The summed E-state index contributed by atoms with van der Waals surface area (Å²) < 4.78 is 5.15. The number of hydrogen-bond acceptors (Lipinski definition) is 3. The van der Waals surface area contributed by atoms with Gasteiger partial charge in [-0.05, 0) is 26.7 Å². The van der Waals surface area contributed by atoms with Gasteiger partial charge in [0.2, 0.25) is 0 Å². The molecule has 0 atom stereocenters. The van der Waals surface area contributed by atoms with Crippen LogP contribution < -0.4 is 0 Å². The fourth-order valence-electron chi connectivity index (χ4n) is 1.30. The number of carbonyl (C=O) groups excluding carboxylic acids is 1. The molecule has 0 saturated heterocycles. The molecule has 0 bridgehead atoms. The van der Waals surface area contributed by atoms with Crippen molar-refractivity contribution in [3.8, 4) is 0 Å². The lowest BCUT2D eigenvalue weighted by molar-refractivity contribution is -0.151. The molecule has 0 aliphatic heterocycles. The highest BCUT2D eigenvalue weighted by atomic mass is 16.6. The molecule has 1 N–H and O–H groups in total. The molecule has 4 nitrogen and oxygen atoms in total. The highest BCUT2D eigenvalue weighted by molar-refractivity contribution is 5.90. The summed E-state index contributed by atoms with van der Waals surface area (Å²) >= 11 is 0. The van der Waals surface area contributed by atoms with Crippen LogP contribution in [0.4, 0.5) is 0 Å². The predicted molar refractivity (Wildman–Crippen MR) is 61.1 cm³/mol. The Balaban J connectivity index is 4.04. The van der Waals surface area contributed by atoms with Crippen molar-refractivity contribution in [1.29, 1.82) is 0 Å². The number of esters is 1. The van der Waals surface area contributed by atoms with Gasteiger partial charge in [0.1, 0.15) is 5.60 Å². The Morgan fingerprint density at radius 3 is 2.38 bits per heavy atom. The van der Waals surface area contributed by atoms with Crippen molar-refractivity contribution in [2.45, 2.75) is 52.1 Å². The standard InChI is InChI=1S/C12H20O4/c1-4-5-6-9-12(2,3)16-11(15)8-7-10(13)14/h7-8H,4-6,9H2,1-3H3,(H,13,14)/b8-7-. The van der Waals surface area contributed by atoms with E-state index in [-0.39, 0.29) is 0 Å². The molecule has 0 heterocycles. The minimum atomic E-state index is -1.15. The summed E-state index contributed by atoms with van der Waals surface area (Å²) in [6.45, 7) is 5.76. The lowest BCUT2D eigenvalue weighted by Crippen LogP contribution is -2.27. The van der Waals surface area contributed by atoms with Gasteiger partial charge in [-0.15, -0.1) is 0 Å². The molecule has 0 aliphatic carbocycles. The van der Waals surface area contributed by atoms with Gasteiger partial charge >= 0.3 is 11.9 Å². The molecule has 0 amide bonds. The first kappa shape index (κ1) is 14.7. The summed E-state index contributed by atoms with van der Waals surface area (Å²) in [5.74, 6) is -1.76. The average Bonchev–Trinajstić information content (AvgIpc) is 2.14. The maximum Gasteiger partial charge on any atom is 0.331 e. The second-order valence-corrected chi connectivity index (χ2v) is 4.31. The molecule has 0 spiro atoms. The number of unbranched alkanes of at least 4 members (excludes halogenated alkanes) is 2. The Kier molecular flexibility index (Phi) is 6.46. The Labute approximate surface area is 96.3 Å². The molecular formula is C12H20O4. The van der Waals surface area contributed by atoms with E-state index in [1.807, 2.05) is 13.8 Å². The summed E-state index contributed by atoms with van der Waals surface area (Å²) in [6, 6.07) is 0. The molecule has 0 fully saturated rings. The predicted octanol–water partition coefficient (Wildman–Crippen LogP) is 2.53. The van der Waals surface area contributed by atoms with Crippen LogP contribution in [0.2, 0.25) is 0 Å². The van der Waals surface area contributed by atoms with Crippen LogP contribution in [0.25, 0.3) is 0 Å². The van der Waals surface area contributed by atoms with E-state index in [1.54, 1.807) is 0 Å². The molecule has 0 unspecified atom stereocenters. The van der Waals surface area contributed by atoms with Gasteiger partial charge in [0, 0.05) is 12.2 Å². The zero-order valence-corrected chi connectivity index (χ0v) is 10.2. The third-order valence-corrected chi connectivity index (χ3v) is 2.12. The van der Waals surface area contributed by atoms with Crippen molar-refractivity contribution in [3.63, 3.8) is 0 Å². The van der Waals surface area contributed by atoms with E-state index < -0.39 is 17.5 Å². The van der Waals surface area contributed by atoms with Gasteiger partial charge in [0.25, 0.3) is 0 Å². The maximum absolute atomic E-state index is 11.2. The van der Waals surface area contributed by atoms with Crippen LogP contribution in [0.5, 0.6) is 0 Å². The van der Waals surface area contributed by atoms with Gasteiger partial charge in [-0.2, -0.15) is 0 Å². The van der Waals surface area contributed by atoms with Crippen LogP contribution in [0, 0.1) is 0 Å². The fraction of sp³-hybridized carbons (Fsp3) is 0.667. The molecule has 0 aromatic heterocycles. The van der Waals surface area contributed by atoms with E-state index in [2.05, 4.69) is 6.92 Å². The van der Waals surface area contributed by atoms with Gasteiger partial charge in [-0.3, -0.25) is 0 Å². The monoisotopic (exact) mass is 228 g/mol. The number of carbonyl (C=O) groups is 2. The summed E-state index contributed by atoms with van der Waals surface area (Å²) in [6.07, 6.45) is 5.72. The van der Waals surface area contributed by atoms with Crippen molar-refractivity contribution >= 4 is 11.9 Å². The summed E-state index contributed by atoms with van der Waals surface area (Å²) in [7, 11) is 0. The summed E-state index contributed by atoms with van der Waals surface area (Å²) in [5, 5.41) is 8.34. The number of rotatable bonds is 7. The Morgan fingerprint density at radius 1 is 1.25 bits per heavy atom. The largest absolute Gasteiger partial charge is 0.478 e. The second kappa shape index (κ2) is 7.04. The van der Waals surface area contributed by atoms with Gasteiger partial charge in [0.05, 0.1) is 0 Å². The molecule has 0 radical (unpaired) electrons. The van der Waals surface area contributed by atoms with Crippen molar-refractivity contribution in [3.05, 3.63) is 12.2 Å². The quantitative estimate of drug-likeness (QED) is 0.413. The topological polar surface area (TPSA) is 63.6 Å². The lowest BCUT2D eigenvalue weighted by atomic mass is 10.0. The van der Waals surface area contributed by atoms with E-state index in [9.17, 15) is 9.59 Å². The number of ether oxygens (including phenoxy) is 1. The molecule has 16 heavy (non-hydrogen) atoms. The van der Waals surface area contributed by atoms with E-state index in [0.717, 1.165) is 37.8 Å². The molecule has 0 aromatic carbocycles. The van der Waals surface area contributed by atoms with Crippen molar-refractivity contribution in [2.75, 3.05) is 0 Å². The Hall–Kier alpha value is -1.32. The Morgan fingerprint density at radius 2 is 1.88 bits per heavy atom. The molecule has 92 valence electrons. The molecular weight excluding hydrogens is 208 g/mol. The van der Waals surface area contributed by atoms with E-state index in [1.165, 1.54) is 0 Å². The zero-order chi connectivity index (χ0) is 12.6. The molecule has 0 aromatic rings. The van der Waals surface area contributed by atoms with Crippen LogP contribution in [0.1, 0.15) is 46.5 Å². The van der Waals surface area contributed by atoms with Crippen molar-refractivity contribution < 1.29 is 19.4 Å². The molecule has 4 heteroatoms. The summed E-state index contributed by atoms with van der Waals surface area (Å²) in [5.41, 5.74) is -0.533. The minimum Gasteiger partial charge on any atom is -0.478 e. The van der Waals surface area contributed by atoms with Gasteiger partial charge in [0.15, 0.2) is 0 Å². The van der Waals surface area contributed by atoms with E-state index in [4.69, 9.17) is 9.84 Å². The first-order valence-corrected chi connectivity index (χ1v) is 5.51. The smallest absolute Gasteiger partial charge is 0.331 e. The van der Waals surface area contributed by atoms with Crippen LogP contribution >= 0.6 is 0 Å². The average molecular weight is 228 g/mol. The van der Waals surface area contributed by atoms with E-state index >= 15 is 0 Å². The van der Waals surface area contributed by atoms with Gasteiger partial charge in [-0.25, -0.2) is 9.59 Å². The SMILES string of the molecule is CCCCCC(C)(C)OC(=O)/C=C\C(=O)O. The zero-order valence-electron chi connectivity index (χ0n) is 10.2. The maximum atomic E-state index is 11.2. The molecule has 0 saturated carbocycles. The highest BCUT2D eigenvalue weighted by Gasteiger charge is 2.20. The first-order chi connectivity index (χ1) is 7.37. The molecule has 0 aliphatic rings. The fourth-order valence-corrected chi connectivity index (χ4v) is 1.30.